The van der Waals surface area contributed by atoms with Crippen LogP contribution in [0.1, 0.15) is 6.42 Å². The molecule has 0 unspecified atom stereocenters. The molecule has 0 aromatic rings. The van der Waals surface area contributed by atoms with Crippen molar-refractivity contribution < 1.29 is 9.59 Å². The van der Waals surface area contributed by atoms with Crippen molar-refractivity contribution in [1.29, 1.82) is 0 Å². The Labute approximate surface area is 75.9 Å². The van der Waals surface area contributed by atoms with Crippen molar-refractivity contribution in [3.8, 4) is 0 Å². The quantitative estimate of drug-likeness (QED) is 0.571. The Hall–Kier alpha value is -0.770. The maximum atomic E-state index is 11.1. The summed E-state index contributed by atoms with van der Waals surface area (Å²) in [6, 6.07) is 0. The van der Waals surface area contributed by atoms with Gasteiger partial charge in [0.05, 0.1) is 6.54 Å². The van der Waals surface area contributed by atoms with E-state index >= 15 is 0 Å². The molecule has 1 N–H and O–H groups in total. The molecule has 1 heterocycles. The van der Waals surface area contributed by atoms with Gasteiger partial charge in [-0.1, -0.05) is 0 Å². The molecule has 1 saturated heterocycles. The SMILES string of the molecule is O=C1CN(C(=O)CCl)CCCN1. The van der Waals surface area contributed by atoms with E-state index in [0.29, 0.717) is 13.1 Å². The van der Waals surface area contributed by atoms with Gasteiger partial charge in [0.15, 0.2) is 0 Å². The molecular formula is C7H11ClN2O2. The Kier molecular flexibility index (Phi) is 3.34. The molecule has 12 heavy (non-hydrogen) atoms. The number of rotatable bonds is 1. The molecule has 1 aliphatic heterocycles. The third-order valence-corrected chi connectivity index (χ3v) is 1.96. The fourth-order valence-corrected chi connectivity index (χ4v) is 1.27. The fraction of sp³-hybridized carbons (Fsp3) is 0.714. The molecule has 0 aromatic carbocycles. The molecule has 4 nitrogen and oxygen atoms in total. The van der Waals surface area contributed by atoms with Crippen LogP contribution in [-0.2, 0) is 9.59 Å². The van der Waals surface area contributed by atoms with Crippen LogP contribution in [0.15, 0.2) is 0 Å². The maximum absolute atomic E-state index is 11.1. The Morgan fingerprint density at radius 3 is 3.08 bits per heavy atom. The molecule has 0 radical (unpaired) electrons. The summed E-state index contributed by atoms with van der Waals surface area (Å²) < 4.78 is 0. The van der Waals surface area contributed by atoms with Crippen molar-refractivity contribution in [2.75, 3.05) is 25.5 Å². The number of alkyl halides is 1. The molecule has 2 amide bonds. The minimum atomic E-state index is -0.172. The number of nitrogens with one attached hydrogen (secondary N) is 1. The number of carbonyl (C=O) groups is 2. The van der Waals surface area contributed by atoms with Gasteiger partial charge in [0.1, 0.15) is 5.88 Å². The van der Waals surface area contributed by atoms with Crippen molar-refractivity contribution >= 4 is 23.4 Å². The second kappa shape index (κ2) is 4.30. The highest BCUT2D eigenvalue weighted by atomic mass is 35.5. The van der Waals surface area contributed by atoms with Crippen molar-refractivity contribution in [2.45, 2.75) is 6.42 Å². The van der Waals surface area contributed by atoms with Gasteiger partial charge in [0, 0.05) is 13.1 Å². The zero-order valence-corrected chi connectivity index (χ0v) is 7.43. The third kappa shape index (κ3) is 2.37. The number of hydrogen-bond donors (Lipinski definition) is 1. The first-order chi connectivity index (χ1) is 5.74. The highest BCUT2D eigenvalue weighted by Gasteiger charge is 2.18. The van der Waals surface area contributed by atoms with Gasteiger partial charge in [0.2, 0.25) is 11.8 Å². The minimum Gasteiger partial charge on any atom is -0.354 e. The number of carbonyl (C=O) groups excluding carboxylic acids is 2. The third-order valence-electron chi connectivity index (χ3n) is 1.73. The van der Waals surface area contributed by atoms with Crippen LogP contribution in [-0.4, -0.2) is 42.2 Å². The van der Waals surface area contributed by atoms with E-state index in [1.807, 2.05) is 0 Å². The lowest BCUT2D eigenvalue weighted by molar-refractivity contribution is -0.133. The average Bonchev–Trinajstić information content (AvgIpc) is 2.28. The van der Waals surface area contributed by atoms with E-state index in [4.69, 9.17) is 11.6 Å². The first-order valence-electron chi connectivity index (χ1n) is 3.84. The molecule has 0 bridgehead atoms. The van der Waals surface area contributed by atoms with Gasteiger partial charge < -0.3 is 10.2 Å². The topological polar surface area (TPSA) is 49.4 Å². The lowest BCUT2D eigenvalue weighted by Gasteiger charge is -2.16. The second-order valence-electron chi connectivity index (χ2n) is 2.65. The van der Waals surface area contributed by atoms with Gasteiger partial charge in [0.25, 0.3) is 0 Å². The summed E-state index contributed by atoms with van der Waals surface area (Å²) in [5, 5.41) is 2.68. The number of nitrogens with zero attached hydrogens (tertiary/aromatic N) is 1. The summed E-state index contributed by atoms with van der Waals surface area (Å²) in [6.07, 6.45) is 0.800. The largest absolute Gasteiger partial charge is 0.354 e. The lowest BCUT2D eigenvalue weighted by Crippen LogP contribution is -2.37. The molecule has 5 heteroatoms. The zero-order valence-electron chi connectivity index (χ0n) is 6.68. The van der Waals surface area contributed by atoms with Crippen LogP contribution in [0.25, 0.3) is 0 Å². The zero-order chi connectivity index (χ0) is 8.97. The van der Waals surface area contributed by atoms with Crippen LogP contribution in [0.5, 0.6) is 0 Å². The predicted octanol–water partition coefficient (Wildman–Crippen LogP) is -0.426. The van der Waals surface area contributed by atoms with E-state index < -0.39 is 0 Å². The molecule has 1 aliphatic rings. The van der Waals surface area contributed by atoms with Gasteiger partial charge in [-0.3, -0.25) is 9.59 Å². The average molecular weight is 191 g/mol. The molecule has 0 spiro atoms. The van der Waals surface area contributed by atoms with Crippen LogP contribution in [0, 0.1) is 0 Å². The monoisotopic (exact) mass is 190 g/mol. The summed E-state index contributed by atoms with van der Waals surface area (Å²) >= 11 is 5.36. The first-order valence-corrected chi connectivity index (χ1v) is 4.38. The van der Waals surface area contributed by atoms with Crippen molar-refractivity contribution in [1.82, 2.24) is 10.2 Å². The predicted molar refractivity (Wildman–Crippen MR) is 44.9 cm³/mol. The number of hydrogen-bond acceptors (Lipinski definition) is 2. The fourth-order valence-electron chi connectivity index (χ4n) is 1.10. The van der Waals surface area contributed by atoms with Crippen LogP contribution in [0.3, 0.4) is 0 Å². The molecule has 1 rings (SSSR count). The van der Waals surface area contributed by atoms with Gasteiger partial charge in [-0.05, 0) is 6.42 Å². The van der Waals surface area contributed by atoms with Gasteiger partial charge in [-0.2, -0.15) is 0 Å². The Morgan fingerprint density at radius 2 is 2.42 bits per heavy atom. The van der Waals surface area contributed by atoms with E-state index in [1.165, 1.54) is 4.90 Å². The van der Waals surface area contributed by atoms with E-state index in [9.17, 15) is 9.59 Å². The summed E-state index contributed by atoms with van der Waals surface area (Å²) in [6.45, 7) is 1.40. The maximum Gasteiger partial charge on any atom is 0.239 e. The Morgan fingerprint density at radius 1 is 1.67 bits per heavy atom. The summed E-state index contributed by atoms with van der Waals surface area (Å²) in [7, 11) is 0. The molecule has 1 fully saturated rings. The van der Waals surface area contributed by atoms with Gasteiger partial charge >= 0.3 is 0 Å². The molecular weight excluding hydrogens is 180 g/mol. The van der Waals surface area contributed by atoms with Crippen LogP contribution < -0.4 is 5.32 Å². The number of halogens is 1. The minimum absolute atomic E-state index is 0.0483. The lowest BCUT2D eigenvalue weighted by atomic mass is 10.4. The first kappa shape index (κ1) is 9.32. The molecule has 0 aliphatic carbocycles. The Balaban J connectivity index is 2.51. The van der Waals surface area contributed by atoms with Gasteiger partial charge in [-0.15, -0.1) is 11.6 Å². The molecule has 0 saturated carbocycles. The smallest absolute Gasteiger partial charge is 0.239 e. The summed E-state index contributed by atoms with van der Waals surface area (Å²) in [4.78, 5) is 23.5. The van der Waals surface area contributed by atoms with E-state index in [2.05, 4.69) is 5.32 Å². The second-order valence-corrected chi connectivity index (χ2v) is 2.92. The molecule has 68 valence electrons. The van der Waals surface area contributed by atoms with E-state index in [-0.39, 0.29) is 24.2 Å². The normalized spacial score (nSPS) is 18.4. The van der Waals surface area contributed by atoms with E-state index in [0.717, 1.165) is 6.42 Å². The molecule has 0 aromatic heterocycles. The van der Waals surface area contributed by atoms with Crippen LogP contribution in [0.2, 0.25) is 0 Å². The highest BCUT2D eigenvalue weighted by molar-refractivity contribution is 6.27. The highest BCUT2D eigenvalue weighted by Crippen LogP contribution is 1.97. The standard InChI is InChI=1S/C7H11ClN2O2/c8-4-7(12)10-3-1-2-9-6(11)5-10/h1-5H2,(H,9,11). The van der Waals surface area contributed by atoms with Crippen LogP contribution in [0.4, 0.5) is 0 Å². The Bertz CT molecular complexity index is 196. The van der Waals surface area contributed by atoms with Crippen molar-refractivity contribution in [2.24, 2.45) is 0 Å². The van der Waals surface area contributed by atoms with Crippen molar-refractivity contribution in [3.63, 3.8) is 0 Å². The van der Waals surface area contributed by atoms with E-state index in [1.54, 1.807) is 0 Å². The van der Waals surface area contributed by atoms with Gasteiger partial charge in [-0.25, -0.2) is 0 Å². The summed E-state index contributed by atoms with van der Waals surface area (Å²) in [5.74, 6) is -0.326. The van der Waals surface area contributed by atoms with Crippen molar-refractivity contribution in [3.05, 3.63) is 0 Å². The van der Waals surface area contributed by atoms with Crippen LogP contribution >= 0.6 is 11.6 Å². The number of amides is 2. The summed E-state index contributed by atoms with van der Waals surface area (Å²) in [5.41, 5.74) is 0. The molecule has 0 atom stereocenters.